The van der Waals surface area contributed by atoms with Crippen LogP contribution < -0.4 is 0 Å². The van der Waals surface area contributed by atoms with E-state index < -0.39 is 0 Å². The molecule has 1 aromatic carbocycles. The van der Waals surface area contributed by atoms with Crippen molar-refractivity contribution in [1.82, 2.24) is 0 Å². The molecule has 0 radical (unpaired) electrons. The van der Waals surface area contributed by atoms with Gasteiger partial charge in [-0.25, -0.2) is 4.79 Å². The molecule has 0 bridgehead atoms. The highest BCUT2D eigenvalue weighted by Crippen LogP contribution is 2.04. The normalized spacial score (nSPS) is 10.5. The van der Waals surface area contributed by atoms with Gasteiger partial charge in [0.25, 0.3) is 0 Å². The molecule has 0 saturated carbocycles. The van der Waals surface area contributed by atoms with Crippen LogP contribution in [0, 0.1) is 0 Å². The van der Waals surface area contributed by atoms with Gasteiger partial charge in [-0.2, -0.15) is 0 Å². The Morgan fingerprint density at radius 2 is 2.06 bits per heavy atom. The van der Waals surface area contributed by atoms with E-state index in [1.54, 1.807) is 12.1 Å². The highest BCUT2D eigenvalue weighted by Gasteiger charge is 2.05. The minimum absolute atomic E-state index is 0.246. The van der Waals surface area contributed by atoms with Crippen LogP contribution >= 0.6 is 0 Å². The number of carbonyl (C=O) groups excluding carboxylic acids is 1. The first kappa shape index (κ1) is 14.2. The second-order valence-electron chi connectivity index (χ2n) is 4.15. The number of ether oxygens (including phenoxy) is 1. The molecule has 1 rings (SSSR count). The molecule has 18 heavy (non-hydrogen) atoms. The molecule has 0 aliphatic heterocycles. The average Bonchev–Trinajstić information content (AvgIpc) is 2.42. The average molecular weight is 244 g/mol. The molecule has 0 atom stereocenters. The quantitative estimate of drug-likeness (QED) is 0.409. The Kier molecular flexibility index (Phi) is 6.55. The molecule has 1 aromatic rings. The molecule has 0 saturated heterocycles. The van der Waals surface area contributed by atoms with Crippen molar-refractivity contribution in [3.8, 4) is 0 Å². The first-order chi connectivity index (χ1) is 8.74. The third-order valence-electron chi connectivity index (χ3n) is 2.48. The fraction of sp³-hybridized carbons (Fsp3) is 0.312. The molecule has 0 heterocycles. The number of allylic oxidation sites excluding steroid dienone is 1. The van der Waals surface area contributed by atoms with E-state index in [1.165, 1.54) is 12.8 Å². The molecular weight excluding hydrogens is 224 g/mol. The van der Waals surface area contributed by atoms with Crippen molar-refractivity contribution >= 4 is 5.97 Å². The van der Waals surface area contributed by atoms with Crippen LogP contribution in [0.2, 0.25) is 0 Å². The number of benzene rings is 1. The standard InChI is InChI=1S/C16H20O2/c1-3-4-5-7-10-14(2)13-18-16(17)15-11-8-6-9-12-15/h6-12H,2-5,13H2,1H3/b10-7+. The molecular formula is C16H20O2. The maximum absolute atomic E-state index is 11.6. The highest BCUT2D eigenvalue weighted by molar-refractivity contribution is 5.89. The summed E-state index contributed by atoms with van der Waals surface area (Å²) in [6.07, 6.45) is 7.39. The Morgan fingerprint density at radius 1 is 1.33 bits per heavy atom. The molecule has 0 aliphatic carbocycles. The smallest absolute Gasteiger partial charge is 0.338 e. The number of unbranched alkanes of at least 4 members (excludes halogenated alkanes) is 2. The summed E-state index contributed by atoms with van der Waals surface area (Å²) in [6.45, 7) is 6.26. The minimum atomic E-state index is -0.307. The highest BCUT2D eigenvalue weighted by atomic mass is 16.5. The lowest BCUT2D eigenvalue weighted by atomic mass is 10.2. The summed E-state index contributed by atoms with van der Waals surface area (Å²) in [6, 6.07) is 8.97. The van der Waals surface area contributed by atoms with Crippen LogP contribution in [0.4, 0.5) is 0 Å². The van der Waals surface area contributed by atoms with Gasteiger partial charge in [0.05, 0.1) is 5.56 Å². The van der Waals surface area contributed by atoms with Gasteiger partial charge in [0.15, 0.2) is 0 Å². The van der Waals surface area contributed by atoms with E-state index in [9.17, 15) is 4.79 Å². The summed E-state index contributed by atoms with van der Waals surface area (Å²) in [4.78, 5) is 11.6. The van der Waals surface area contributed by atoms with E-state index in [2.05, 4.69) is 19.6 Å². The molecule has 2 heteroatoms. The second-order valence-corrected chi connectivity index (χ2v) is 4.15. The van der Waals surface area contributed by atoms with E-state index >= 15 is 0 Å². The molecule has 0 spiro atoms. The third kappa shape index (κ3) is 5.48. The zero-order chi connectivity index (χ0) is 13.2. The van der Waals surface area contributed by atoms with Gasteiger partial charge in [-0.15, -0.1) is 0 Å². The summed E-state index contributed by atoms with van der Waals surface area (Å²) in [7, 11) is 0. The number of hydrogen-bond donors (Lipinski definition) is 0. The summed E-state index contributed by atoms with van der Waals surface area (Å²) >= 11 is 0. The fourth-order valence-electron chi connectivity index (χ4n) is 1.44. The first-order valence-corrected chi connectivity index (χ1v) is 6.30. The maximum Gasteiger partial charge on any atom is 0.338 e. The molecule has 0 aromatic heterocycles. The van der Waals surface area contributed by atoms with Crippen LogP contribution in [0.25, 0.3) is 0 Å². The molecule has 0 amide bonds. The number of rotatable bonds is 7. The minimum Gasteiger partial charge on any atom is -0.457 e. The predicted octanol–water partition coefficient (Wildman–Crippen LogP) is 4.15. The Hall–Kier alpha value is -1.83. The van der Waals surface area contributed by atoms with Crippen molar-refractivity contribution in [3.05, 3.63) is 60.2 Å². The first-order valence-electron chi connectivity index (χ1n) is 6.30. The number of carbonyl (C=O) groups is 1. The van der Waals surface area contributed by atoms with E-state index in [0.29, 0.717) is 5.56 Å². The second kappa shape index (κ2) is 8.29. The van der Waals surface area contributed by atoms with Gasteiger partial charge < -0.3 is 4.74 Å². The van der Waals surface area contributed by atoms with Crippen LogP contribution in [0.1, 0.15) is 36.5 Å². The van der Waals surface area contributed by atoms with Crippen molar-refractivity contribution in [2.45, 2.75) is 26.2 Å². The van der Waals surface area contributed by atoms with Crippen LogP contribution in [0.5, 0.6) is 0 Å². The van der Waals surface area contributed by atoms with Gasteiger partial charge in [0.2, 0.25) is 0 Å². The Morgan fingerprint density at radius 3 is 2.72 bits per heavy atom. The molecule has 2 nitrogen and oxygen atoms in total. The Balaban J connectivity index is 2.30. The van der Waals surface area contributed by atoms with E-state index in [0.717, 1.165) is 12.0 Å². The van der Waals surface area contributed by atoms with Gasteiger partial charge in [0, 0.05) is 0 Å². The zero-order valence-corrected chi connectivity index (χ0v) is 10.9. The van der Waals surface area contributed by atoms with Gasteiger partial charge in [0.1, 0.15) is 6.61 Å². The Bertz CT molecular complexity index is 404. The fourth-order valence-corrected chi connectivity index (χ4v) is 1.44. The lowest BCUT2D eigenvalue weighted by molar-refractivity contribution is 0.0543. The topological polar surface area (TPSA) is 26.3 Å². The predicted molar refractivity (Wildman–Crippen MR) is 74.5 cm³/mol. The monoisotopic (exact) mass is 244 g/mol. The molecule has 0 fully saturated rings. The van der Waals surface area contributed by atoms with Crippen LogP contribution in [-0.2, 0) is 4.74 Å². The summed E-state index contributed by atoms with van der Waals surface area (Å²) in [5.74, 6) is -0.307. The van der Waals surface area contributed by atoms with Crippen molar-refractivity contribution < 1.29 is 9.53 Å². The van der Waals surface area contributed by atoms with Crippen molar-refractivity contribution in [2.75, 3.05) is 6.61 Å². The van der Waals surface area contributed by atoms with Crippen LogP contribution in [0.15, 0.2) is 54.6 Å². The molecule has 96 valence electrons. The van der Waals surface area contributed by atoms with Gasteiger partial charge in [-0.05, 0) is 24.1 Å². The van der Waals surface area contributed by atoms with E-state index in [1.807, 2.05) is 24.3 Å². The van der Waals surface area contributed by atoms with Crippen LogP contribution in [-0.4, -0.2) is 12.6 Å². The lowest BCUT2D eigenvalue weighted by Crippen LogP contribution is -2.06. The Labute approximate surface area is 109 Å². The lowest BCUT2D eigenvalue weighted by Gasteiger charge is -2.04. The SMILES string of the molecule is C=C(/C=C/CCCC)COC(=O)c1ccccc1. The van der Waals surface area contributed by atoms with Crippen LogP contribution in [0.3, 0.4) is 0 Å². The third-order valence-corrected chi connectivity index (χ3v) is 2.48. The maximum atomic E-state index is 11.6. The van der Waals surface area contributed by atoms with Gasteiger partial charge >= 0.3 is 5.97 Å². The largest absolute Gasteiger partial charge is 0.457 e. The molecule has 0 aliphatic rings. The summed E-state index contributed by atoms with van der Waals surface area (Å²) < 4.78 is 5.16. The zero-order valence-electron chi connectivity index (χ0n) is 10.9. The molecule has 0 N–H and O–H groups in total. The number of esters is 1. The molecule has 0 unspecified atom stereocenters. The van der Waals surface area contributed by atoms with Crippen molar-refractivity contribution in [1.29, 1.82) is 0 Å². The van der Waals surface area contributed by atoms with E-state index in [-0.39, 0.29) is 12.6 Å². The summed E-state index contributed by atoms with van der Waals surface area (Å²) in [5.41, 5.74) is 1.38. The number of hydrogen-bond acceptors (Lipinski definition) is 2. The van der Waals surface area contributed by atoms with Crippen molar-refractivity contribution in [3.63, 3.8) is 0 Å². The van der Waals surface area contributed by atoms with E-state index in [4.69, 9.17) is 4.74 Å². The van der Waals surface area contributed by atoms with Gasteiger partial charge in [-0.3, -0.25) is 0 Å². The van der Waals surface area contributed by atoms with Gasteiger partial charge in [-0.1, -0.05) is 56.7 Å². The summed E-state index contributed by atoms with van der Waals surface area (Å²) in [5, 5.41) is 0. The van der Waals surface area contributed by atoms with Crippen molar-refractivity contribution in [2.24, 2.45) is 0 Å².